The maximum absolute atomic E-state index is 14.0. The van der Waals surface area contributed by atoms with Gasteiger partial charge >= 0.3 is 0 Å². The van der Waals surface area contributed by atoms with E-state index in [1.54, 1.807) is 42.5 Å². The second kappa shape index (κ2) is 9.13. The van der Waals surface area contributed by atoms with E-state index in [2.05, 4.69) is 0 Å². The number of fused-ring (bicyclic) bond motifs is 1. The van der Waals surface area contributed by atoms with Crippen molar-refractivity contribution in [1.82, 2.24) is 4.31 Å². The fourth-order valence-corrected chi connectivity index (χ4v) is 7.07. The molecule has 3 aromatic carbocycles. The van der Waals surface area contributed by atoms with Crippen LogP contribution in [0.3, 0.4) is 0 Å². The predicted octanol–water partition coefficient (Wildman–Crippen LogP) is 5.15. The minimum Gasteiger partial charge on any atom is -0.274 e. The van der Waals surface area contributed by atoms with Gasteiger partial charge in [0.15, 0.2) is 0 Å². The van der Waals surface area contributed by atoms with Crippen molar-refractivity contribution in [1.29, 1.82) is 0 Å². The number of hydrogen-bond acceptors (Lipinski definition) is 4. The summed E-state index contributed by atoms with van der Waals surface area (Å²) in [6.45, 7) is 0. The fourth-order valence-electron chi connectivity index (χ4n) is 5.08. The molecule has 8 heteroatoms. The Kier molecular flexibility index (Phi) is 6.18. The van der Waals surface area contributed by atoms with Gasteiger partial charge < -0.3 is 0 Å². The molecule has 1 aliphatic carbocycles. The molecule has 1 unspecified atom stereocenters. The van der Waals surface area contributed by atoms with Crippen LogP contribution in [0.1, 0.15) is 38.5 Å². The molecule has 1 saturated heterocycles. The maximum atomic E-state index is 14.0. The molecule has 6 nitrogen and oxygen atoms in total. The second-order valence-electron chi connectivity index (χ2n) is 8.90. The highest BCUT2D eigenvalue weighted by atomic mass is 35.5. The number of sulfonamides is 1. The van der Waals surface area contributed by atoms with E-state index in [0.29, 0.717) is 23.6 Å². The van der Waals surface area contributed by atoms with Crippen molar-refractivity contribution in [3.63, 3.8) is 0 Å². The topological polar surface area (TPSA) is 74.8 Å². The zero-order valence-electron chi connectivity index (χ0n) is 18.6. The van der Waals surface area contributed by atoms with Gasteiger partial charge in [0.2, 0.25) is 15.9 Å². The van der Waals surface area contributed by atoms with Crippen molar-refractivity contribution in [3.05, 3.63) is 71.8 Å². The average Bonchev–Trinajstić information content (AvgIpc) is 3.13. The minimum atomic E-state index is -4.03. The summed E-state index contributed by atoms with van der Waals surface area (Å²) in [7, 11) is -4.03. The van der Waals surface area contributed by atoms with E-state index in [9.17, 15) is 18.0 Å². The van der Waals surface area contributed by atoms with Crippen molar-refractivity contribution in [2.24, 2.45) is 0 Å². The third-order valence-electron chi connectivity index (χ3n) is 6.75. The van der Waals surface area contributed by atoms with E-state index in [4.69, 9.17) is 11.6 Å². The lowest BCUT2D eigenvalue weighted by Gasteiger charge is -2.36. The fraction of sp³-hybridized carbons (Fsp3) is 0.308. The number of nitrogens with zero attached hydrogens (tertiary/aromatic N) is 2. The SMILES string of the molecule is O=C1CC(N(C2CCCCC2)S(=O)(=O)c2ccc3ccccc3c2)C(=O)N1c1ccc(Cl)cc1. The Morgan fingerprint density at radius 1 is 0.853 bits per heavy atom. The zero-order chi connectivity index (χ0) is 23.9. The quantitative estimate of drug-likeness (QED) is 0.458. The Bertz CT molecular complexity index is 1350. The molecule has 176 valence electrons. The third-order valence-corrected chi connectivity index (χ3v) is 8.96. The number of carbonyl (C=O) groups excluding carboxylic acids is 2. The molecule has 1 heterocycles. The van der Waals surface area contributed by atoms with Gasteiger partial charge in [0.1, 0.15) is 6.04 Å². The summed E-state index contributed by atoms with van der Waals surface area (Å²) in [6, 6.07) is 17.6. The van der Waals surface area contributed by atoms with Crippen molar-refractivity contribution < 1.29 is 18.0 Å². The van der Waals surface area contributed by atoms with Gasteiger partial charge in [-0.15, -0.1) is 0 Å². The highest BCUT2D eigenvalue weighted by molar-refractivity contribution is 7.89. The summed E-state index contributed by atoms with van der Waals surface area (Å²) < 4.78 is 29.4. The van der Waals surface area contributed by atoms with Crippen molar-refractivity contribution in [3.8, 4) is 0 Å². The van der Waals surface area contributed by atoms with Gasteiger partial charge in [-0.1, -0.05) is 61.2 Å². The molecule has 0 radical (unpaired) electrons. The van der Waals surface area contributed by atoms with Crippen molar-refractivity contribution >= 4 is 49.9 Å². The van der Waals surface area contributed by atoms with Crippen LogP contribution in [-0.2, 0) is 19.6 Å². The maximum Gasteiger partial charge on any atom is 0.252 e. The Balaban J connectivity index is 1.56. The average molecular weight is 497 g/mol. The van der Waals surface area contributed by atoms with E-state index >= 15 is 0 Å². The Morgan fingerprint density at radius 3 is 2.24 bits per heavy atom. The van der Waals surface area contributed by atoms with Gasteiger partial charge in [-0.2, -0.15) is 4.31 Å². The predicted molar refractivity (Wildman–Crippen MR) is 132 cm³/mol. The van der Waals surface area contributed by atoms with Gasteiger partial charge in [0.05, 0.1) is 17.0 Å². The first-order chi connectivity index (χ1) is 16.4. The second-order valence-corrected chi connectivity index (χ2v) is 11.2. The number of rotatable bonds is 5. The first kappa shape index (κ1) is 23.0. The molecule has 2 aliphatic rings. The number of carbonyl (C=O) groups is 2. The monoisotopic (exact) mass is 496 g/mol. The van der Waals surface area contributed by atoms with E-state index in [1.165, 1.54) is 4.31 Å². The van der Waals surface area contributed by atoms with Crippen LogP contribution in [0.4, 0.5) is 5.69 Å². The number of halogens is 1. The van der Waals surface area contributed by atoms with Crippen molar-refractivity contribution in [2.45, 2.75) is 55.5 Å². The zero-order valence-corrected chi connectivity index (χ0v) is 20.1. The van der Waals surface area contributed by atoms with Crippen LogP contribution in [0, 0.1) is 0 Å². The van der Waals surface area contributed by atoms with Crippen LogP contribution in [-0.4, -0.2) is 36.6 Å². The third kappa shape index (κ3) is 4.13. The molecule has 0 bridgehead atoms. The Labute approximate surface area is 204 Å². The van der Waals surface area contributed by atoms with E-state index < -0.39 is 27.9 Å². The summed E-state index contributed by atoms with van der Waals surface area (Å²) in [5.41, 5.74) is 0.397. The highest BCUT2D eigenvalue weighted by Gasteiger charge is 2.49. The molecule has 3 aromatic rings. The molecule has 0 N–H and O–H groups in total. The number of amides is 2. The molecule has 0 aromatic heterocycles. The van der Waals surface area contributed by atoms with Crippen molar-refractivity contribution in [2.75, 3.05) is 4.90 Å². The standard InChI is InChI=1S/C26H25ClN2O4S/c27-20-11-13-21(14-12-20)28-25(30)17-24(26(28)31)29(22-8-2-1-3-9-22)34(32,33)23-15-10-18-6-4-5-7-19(18)16-23/h4-7,10-16,22,24H,1-3,8-9,17H2. The van der Waals surface area contributed by atoms with Crippen LogP contribution >= 0.6 is 11.6 Å². The van der Waals surface area contributed by atoms with Gasteiger partial charge in [-0.25, -0.2) is 13.3 Å². The van der Waals surface area contributed by atoms with Gasteiger partial charge in [-0.05, 0) is 60.0 Å². The Hall–Kier alpha value is -2.74. The molecule has 0 spiro atoms. The molecule has 2 fully saturated rings. The molecule has 1 aliphatic heterocycles. The molecular formula is C26H25ClN2O4S. The normalized spacial score (nSPS) is 19.9. The van der Waals surface area contributed by atoms with Gasteiger partial charge in [0, 0.05) is 11.1 Å². The van der Waals surface area contributed by atoms with Gasteiger partial charge in [-0.3, -0.25) is 9.59 Å². The molecule has 1 saturated carbocycles. The molecule has 1 atom stereocenters. The first-order valence-electron chi connectivity index (χ1n) is 11.5. The minimum absolute atomic E-state index is 0.141. The van der Waals surface area contributed by atoms with Crippen LogP contribution in [0.25, 0.3) is 10.8 Å². The summed E-state index contributed by atoms with van der Waals surface area (Å²) in [5, 5.41) is 2.23. The highest BCUT2D eigenvalue weighted by Crippen LogP contribution is 2.36. The van der Waals surface area contributed by atoms with E-state index in [-0.39, 0.29) is 17.4 Å². The lowest BCUT2D eigenvalue weighted by Crippen LogP contribution is -2.51. The van der Waals surface area contributed by atoms with E-state index in [0.717, 1.165) is 34.9 Å². The van der Waals surface area contributed by atoms with Crippen LogP contribution in [0.5, 0.6) is 0 Å². The number of hydrogen-bond donors (Lipinski definition) is 0. The molecule has 34 heavy (non-hydrogen) atoms. The number of imide groups is 1. The Morgan fingerprint density at radius 2 is 1.53 bits per heavy atom. The smallest absolute Gasteiger partial charge is 0.252 e. The lowest BCUT2D eigenvalue weighted by molar-refractivity contribution is -0.122. The molecule has 5 rings (SSSR count). The molecule has 2 amide bonds. The van der Waals surface area contributed by atoms with Crippen LogP contribution in [0.15, 0.2) is 71.6 Å². The number of anilines is 1. The first-order valence-corrected chi connectivity index (χ1v) is 13.3. The summed E-state index contributed by atoms with van der Waals surface area (Å²) in [6.07, 6.45) is 3.99. The van der Waals surface area contributed by atoms with Crippen LogP contribution < -0.4 is 4.90 Å². The number of benzene rings is 3. The van der Waals surface area contributed by atoms with Crippen LogP contribution in [0.2, 0.25) is 5.02 Å². The van der Waals surface area contributed by atoms with Gasteiger partial charge in [0.25, 0.3) is 5.91 Å². The summed E-state index contributed by atoms with van der Waals surface area (Å²) in [4.78, 5) is 27.7. The lowest BCUT2D eigenvalue weighted by atomic mass is 9.94. The molecular weight excluding hydrogens is 472 g/mol. The summed E-state index contributed by atoms with van der Waals surface area (Å²) in [5.74, 6) is -0.922. The largest absolute Gasteiger partial charge is 0.274 e. The summed E-state index contributed by atoms with van der Waals surface area (Å²) >= 11 is 5.97. The van der Waals surface area contributed by atoms with E-state index in [1.807, 2.05) is 24.3 Å².